The van der Waals surface area contributed by atoms with Crippen molar-refractivity contribution in [1.29, 1.82) is 0 Å². The molecule has 3 rings (SSSR count). The Balaban J connectivity index is 2.19. The summed E-state index contributed by atoms with van der Waals surface area (Å²) in [6.45, 7) is 6.80. The molecule has 0 saturated heterocycles. The molecular formula is C18H22N2O. The highest BCUT2D eigenvalue weighted by Gasteiger charge is 2.26. The molecule has 3 heteroatoms. The van der Waals surface area contributed by atoms with Crippen LogP contribution in [0.5, 0.6) is 5.88 Å². The van der Waals surface area contributed by atoms with Crippen LogP contribution in [0.15, 0.2) is 24.5 Å². The Kier molecular flexibility index (Phi) is 3.66. The van der Waals surface area contributed by atoms with Crippen molar-refractivity contribution in [3.05, 3.63) is 41.3 Å². The first-order valence-corrected chi connectivity index (χ1v) is 7.64. The van der Waals surface area contributed by atoms with Crippen LogP contribution in [0.4, 0.5) is 0 Å². The number of methoxy groups -OCH3 is 1. The van der Waals surface area contributed by atoms with Crippen molar-refractivity contribution in [2.24, 2.45) is 0 Å². The summed E-state index contributed by atoms with van der Waals surface area (Å²) in [4.78, 5) is 8.95. The maximum Gasteiger partial charge on any atom is 0.213 e. The van der Waals surface area contributed by atoms with Crippen molar-refractivity contribution < 1.29 is 4.74 Å². The highest BCUT2D eigenvalue weighted by atomic mass is 16.5. The molecule has 1 atom stereocenters. The molecule has 0 aromatic carbocycles. The largest absolute Gasteiger partial charge is 0.481 e. The highest BCUT2D eigenvalue weighted by molar-refractivity contribution is 5.70. The summed E-state index contributed by atoms with van der Waals surface area (Å²) in [7, 11) is 1.65. The van der Waals surface area contributed by atoms with Crippen LogP contribution < -0.4 is 4.74 Å². The number of rotatable bonds is 3. The molecule has 2 heterocycles. The summed E-state index contributed by atoms with van der Waals surface area (Å²) in [5.41, 5.74) is 6.56. The first kappa shape index (κ1) is 14.1. The van der Waals surface area contributed by atoms with Crippen molar-refractivity contribution in [2.75, 3.05) is 7.11 Å². The van der Waals surface area contributed by atoms with E-state index in [1.807, 2.05) is 18.3 Å². The molecule has 0 amide bonds. The summed E-state index contributed by atoms with van der Waals surface area (Å²) >= 11 is 0. The molecule has 3 nitrogen and oxygen atoms in total. The summed E-state index contributed by atoms with van der Waals surface area (Å²) in [6, 6.07) is 4.03. The standard InChI is InChI=1S/C18H22N2O/c1-11(2)17-14-6-5-12(3)18(14)20-10-15(17)13-7-8-19-16(9-13)21-4/h7-12H,5-6H2,1-4H3. The third kappa shape index (κ3) is 2.41. The van der Waals surface area contributed by atoms with Gasteiger partial charge in [-0.2, -0.15) is 0 Å². The maximum atomic E-state index is 5.25. The minimum atomic E-state index is 0.487. The minimum Gasteiger partial charge on any atom is -0.481 e. The number of fused-ring (bicyclic) bond motifs is 1. The van der Waals surface area contributed by atoms with Gasteiger partial charge in [0.2, 0.25) is 5.88 Å². The van der Waals surface area contributed by atoms with E-state index in [1.165, 1.54) is 28.8 Å². The van der Waals surface area contributed by atoms with Crippen LogP contribution in [0, 0.1) is 0 Å². The van der Waals surface area contributed by atoms with Gasteiger partial charge in [0.05, 0.1) is 7.11 Å². The van der Waals surface area contributed by atoms with Gasteiger partial charge < -0.3 is 4.74 Å². The zero-order chi connectivity index (χ0) is 15.0. The normalized spacial score (nSPS) is 17.1. The van der Waals surface area contributed by atoms with E-state index in [9.17, 15) is 0 Å². The molecule has 0 fully saturated rings. The van der Waals surface area contributed by atoms with Crippen molar-refractivity contribution in [2.45, 2.75) is 45.4 Å². The number of ether oxygens (including phenoxy) is 1. The predicted octanol–water partition coefficient (Wildman–Crippen LogP) is 4.33. The Labute approximate surface area is 126 Å². The summed E-state index contributed by atoms with van der Waals surface area (Å²) < 4.78 is 5.25. The summed E-state index contributed by atoms with van der Waals surface area (Å²) in [5, 5.41) is 0. The van der Waals surface area contributed by atoms with E-state index in [0.29, 0.717) is 17.7 Å². The van der Waals surface area contributed by atoms with E-state index in [0.717, 1.165) is 12.0 Å². The molecule has 0 N–H and O–H groups in total. The third-order valence-corrected chi connectivity index (χ3v) is 4.38. The van der Waals surface area contributed by atoms with Crippen molar-refractivity contribution in [1.82, 2.24) is 9.97 Å². The van der Waals surface area contributed by atoms with E-state index in [4.69, 9.17) is 9.72 Å². The van der Waals surface area contributed by atoms with Gasteiger partial charge in [0, 0.05) is 29.7 Å². The van der Waals surface area contributed by atoms with Gasteiger partial charge >= 0.3 is 0 Å². The molecule has 0 saturated carbocycles. The average Bonchev–Trinajstić information content (AvgIpc) is 2.87. The zero-order valence-corrected chi connectivity index (χ0v) is 13.2. The second-order valence-corrected chi connectivity index (χ2v) is 6.13. The van der Waals surface area contributed by atoms with Gasteiger partial charge in [0.15, 0.2) is 0 Å². The van der Waals surface area contributed by atoms with E-state index >= 15 is 0 Å². The van der Waals surface area contributed by atoms with Crippen molar-refractivity contribution in [3.8, 4) is 17.0 Å². The lowest BCUT2D eigenvalue weighted by Crippen LogP contribution is -2.03. The van der Waals surface area contributed by atoms with Crippen LogP contribution in [0.1, 0.15) is 55.8 Å². The van der Waals surface area contributed by atoms with E-state index in [2.05, 4.69) is 25.8 Å². The first-order chi connectivity index (χ1) is 10.1. The van der Waals surface area contributed by atoms with Crippen molar-refractivity contribution >= 4 is 0 Å². The van der Waals surface area contributed by atoms with Gasteiger partial charge in [-0.05, 0) is 47.4 Å². The average molecular weight is 282 g/mol. The highest BCUT2D eigenvalue weighted by Crippen LogP contribution is 2.40. The second-order valence-electron chi connectivity index (χ2n) is 6.13. The molecule has 0 bridgehead atoms. The maximum absolute atomic E-state index is 5.25. The Bertz CT molecular complexity index is 664. The SMILES string of the molecule is COc1cc(-c2cnc3c(c2C(C)C)CCC3C)ccn1. The topological polar surface area (TPSA) is 35.0 Å². The Hall–Kier alpha value is -1.90. The Morgan fingerprint density at radius 2 is 2.10 bits per heavy atom. The molecule has 2 aromatic rings. The minimum absolute atomic E-state index is 0.487. The first-order valence-electron chi connectivity index (χ1n) is 7.64. The molecule has 110 valence electrons. The van der Waals surface area contributed by atoms with Gasteiger partial charge in [-0.3, -0.25) is 4.98 Å². The van der Waals surface area contributed by atoms with E-state index < -0.39 is 0 Å². The monoisotopic (exact) mass is 282 g/mol. The smallest absolute Gasteiger partial charge is 0.213 e. The lowest BCUT2D eigenvalue weighted by Gasteiger charge is -2.18. The number of nitrogens with zero attached hydrogens (tertiary/aromatic N) is 2. The molecule has 2 aromatic heterocycles. The summed E-state index contributed by atoms with van der Waals surface area (Å²) in [5.74, 6) is 1.72. The number of hydrogen-bond donors (Lipinski definition) is 0. The quantitative estimate of drug-likeness (QED) is 0.840. The molecule has 0 spiro atoms. The van der Waals surface area contributed by atoms with E-state index in [-0.39, 0.29) is 0 Å². The van der Waals surface area contributed by atoms with Crippen LogP contribution in [0.2, 0.25) is 0 Å². The molecular weight excluding hydrogens is 260 g/mol. The molecule has 0 radical (unpaired) electrons. The lowest BCUT2D eigenvalue weighted by atomic mass is 9.89. The summed E-state index contributed by atoms with van der Waals surface area (Å²) in [6.07, 6.45) is 6.19. The Morgan fingerprint density at radius 3 is 2.81 bits per heavy atom. The number of hydrogen-bond acceptors (Lipinski definition) is 3. The zero-order valence-electron chi connectivity index (χ0n) is 13.2. The Morgan fingerprint density at radius 1 is 1.29 bits per heavy atom. The van der Waals surface area contributed by atoms with Crippen molar-refractivity contribution in [3.63, 3.8) is 0 Å². The van der Waals surface area contributed by atoms with Crippen LogP contribution >= 0.6 is 0 Å². The molecule has 21 heavy (non-hydrogen) atoms. The molecule has 1 aliphatic rings. The fourth-order valence-corrected chi connectivity index (χ4v) is 3.35. The van der Waals surface area contributed by atoms with Gasteiger partial charge in [0.1, 0.15) is 0 Å². The molecule has 0 aliphatic heterocycles. The van der Waals surface area contributed by atoms with Crippen LogP contribution in [0.3, 0.4) is 0 Å². The number of aromatic nitrogens is 2. The van der Waals surface area contributed by atoms with Gasteiger partial charge in [-0.1, -0.05) is 20.8 Å². The van der Waals surface area contributed by atoms with Crippen LogP contribution in [-0.2, 0) is 6.42 Å². The molecule has 1 aliphatic carbocycles. The third-order valence-electron chi connectivity index (χ3n) is 4.38. The van der Waals surface area contributed by atoms with E-state index in [1.54, 1.807) is 13.3 Å². The lowest BCUT2D eigenvalue weighted by molar-refractivity contribution is 0.398. The fraction of sp³-hybridized carbons (Fsp3) is 0.444. The second kappa shape index (κ2) is 5.47. The molecule has 1 unspecified atom stereocenters. The van der Waals surface area contributed by atoms with Crippen LogP contribution in [0.25, 0.3) is 11.1 Å². The fourth-order valence-electron chi connectivity index (χ4n) is 3.35. The predicted molar refractivity (Wildman–Crippen MR) is 84.8 cm³/mol. The van der Waals surface area contributed by atoms with Gasteiger partial charge in [-0.15, -0.1) is 0 Å². The van der Waals surface area contributed by atoms with Crippen LogP contribution in [-0.4, -0.2) is 17.1 Å². The van der Waals surface area contributed by atoms with Gasteiger partial charge in [0.25, 0.3) is 0 Å². The number of pyridine rings is 2. The van der Waals surface area contributed by atoms with Gasteiger partial charge in [-0.25, -0.2) is 4.98 Å².